The average molecular weight is 267 g/mol. The number of hydrogen-bond acceptors (Lipinski definition) is 3. The summed E-state index contributed by atoms with van der Waals surface area (Å²) in [5.41, 5.74) is 1.13. The lowest BCUT2D eigenvalue weighted by Crippen LogP contribution is -2.14. The molecule has 0 fully saturated rings. The molecule has 0 aliphatic heterocycles. The summed E-state index contributed by atoms with van der Waals surface area (Å²) in [5.74, 6) is -0.829. The van der Waals surface area contributed by atoms with Crippen LogP contribution in [-0.2, 0) is 0 Å². The molecule has 3 rings (SSSR count). The third-order valence-corrected chi connectivity index (χ3v) is 2.82. The van der Waals surface area contributed by atoms with Crippen LogP contribution in [0.3, 0.4) is 0 Å². The minimum atomic E-state index is -0.429. The van der Waals surface area contributed by atoms with Crippen LogP contribution in [0.15, 0.2) is 54.9 Å². The van der Waals surface area contributed by atoms with Crippen molar-refractivity contribution in [2.45, 2.75) is 0 Å². The first-order chi connectivity index (χ1) is 9.74. The van der Waals surface area contributed by atoms with E-state index in [1.807, 2.05) is 0 Å². The van der Waals surface area contributed by atoms with Crippen LogP contribution in [0.1, 0.15) is 10.5 Å². The molecule has 1 amide bonds. The van der Waals surface area contributed by atoms with E-state index in [9.17, 15) is 9.18 Å². The van der Waals surface area contributed by atoms with E-state index in [4.69, 9.17) is 0 Å². The fourth-order valence-electron chi connectivity index (χ4n) is 1.93. The number of pyridine rings is 2. The molecule has 0 spiro atoms. The van der Waals surface area contributed by atoms with Gasteiger partial charge in [-0.25, -0.2) is 4.39 Å². The molecule has 4 nitrogen and oxygen atoms in total. The summed E-state index contributed by atoms with van der Waals surface area (Å²) in [7, 11) is 0. The second-order valence-corrected chi connectivity index (χ2v) is 4.20. The fraction of sp³-hybridized carbons (Fsp3) is 0. The van der Waals surface area contributed by atoms with Crippen LogP contribution < -0.4 is 5.32 Å². The second-order valence-electron chi connectivity index (χ2n) is 4.20. The molecule has 3 aromatic rings. The molecule has 98 valence electrons. The number of carbonyl (C=O) groups is 1. The summed E-state index contributed by atoms with van der Waals surface area (Å²) < 4.78 is 13.6. The van der Waals surface area contributed by atoms with Crippen molar-refractivity contribution in [2.75, 3.05) is 5.32 Å². The van der Waals surface area contributed by atoms with Crippen molar-refractivity contribution in [3.63, 3.8) is 0 Å². The van der Waals surface area contributed by atoms with Crippen LogP contribution in [0.25, 0.3) is 10.9 Å². The quantitative estimate of drug-likeness (QED) is 0.776. The summed E-state index contributed by atoms with van der Waals surface area (Å²) in [5, 5.41) is 3.27. The highest BCUT2D eigenvalue weighted by Gasteiger charge is 2.11. The zero-order chi connectivity index (χ0) is 13.9. The predicted molar refractivity (Wildman–Crippen MR) is 73.9 cm³/mol. The Balaban J connectivity index is 2.01. The van der Waals surface area contributed by atoms with Gasteiger partial charge in [-0.05, 0) is 30.3 Å². The molecule has 2 aromatic heterocycles. The highest BCUT2D eigenvalue weighted by molar-refractivity contribution is 6.07. The van der Waals surface area contributed by atoms with E-state index >= 15 is 0 Å². The van der Waals surface area contributed by atoms with Gasteiger partial charge in [-0.2, -0.15) is 0 Å². The molecule has 1 aromatic carbocycles. The number of carbonyl (C=O) groups excluding carboxylic acids is 1. The number of benzene rings is 1. The van der Waals surface area contributed by atoms with Gasteiger partial charge in [0.05, 0.1) is 11.2 Å². The first-order valence-electron chi connectivity index (χ1n) is 6.01. The molecule has 2 heterocycles. The van der Waals surface area contributed by atoms with Crippen LogP contribution in [0.4, 0.5) is 10.1 Å². The minimum absolute atomic E-state index is 0.265. The topological polar surface area (TPSA) is 54.9 Å². The van der Waals surface area contributed by atoms with E-state index in [0.717, 1.165) is 0 Å². The summed E-state index contributed by atoms with van der Waals surface area (Å²) in [6.07, 6.45) is 3.12. The lowest BCUT2D eigenvalue weighted by atomic mass is 10.2. The third kappa shape index (κ3) is 2.33. The van der Waals surface area contributed by atoms with Gasteiger partial charge in [-0.15, -0.1) is 0 Å². The van der Waals surface area contributed by atoms with Crippen molar-refractivity contribution in [3.05, 3.63) is 66.4 Å². The summed E-state index contributed by atoms with van der Waals surface area (Å²) >= 11 is 0. The number of hydrogen-bond donors (Lipinski definition) is 1. The minimum Gasteiger partial charge on any atom is -0.319 e. The standard InChI is InChI=1S/C15H10FN3O/c16-11-8-10-4-3-7-18-14(10)13(9-11)19-15(20)12-5-1-2-6-17-12/h1-9H,(H,19,20). The maximum Gasteiger partial charge on any atom is 0.274 e. The van der Waals surface area contributed by atoms with Gasteiger partial charge in [-0.1, -0.05) is 12.1 Å². The first-order valence-corrected chi connectivity index (χ1v) is 6.01. The molecular weight excluding hydrogens is 257 g/mol. The summed E-state index contributed by atoms with van der Waals surface area (Å²) in [6.45, 7) is 0. The number of aromatic nitrogens is 2. The Morgan fingerprint density at radius 1 is 1.05 bits per heavy atom. The van der Waals surface area contributed by atoms with Crippen molar-refractivity contribution >= 4 is 22.5 Å². The molecule has 0 radical (unpaired) electrons. The second kappa shape index (κ2) is 5.05. The van der Waals surface area contributed by atoms with Crippen molar-refractivity contribution in [3.8, 4) is 0 Å². The Morgan fingerprint density at radius 3 is 2.70 bits per heavy atom. The van der Waals surface area contributed by atoms with Crippen molar-refractivity contribution in [2.24, 2.45) is 0 Å². The van der Waals surface area contributed by atoms with Crippen molar-refractivity contribution < 1.29 is 9.18 Å². The molecule has 0 saturated heterocycles. The van der Waals surface area contributed by atoms with E-state index in [1.165, 1.54) is 18.3 Å². The molecule has 0 bridgehead atoms. The largest absolute Gasteiger partial charge is 0.319 e. The van der Waals surface area contributed by atoms with Gasteiger partial charge in [-0.3, -0.25) is 14.8 Å². The molecule has 0 unspecified atom stereocenters. The number of fused-ring (bicyclic) bond motifs is 1. The van der Waals surface area contributed by atoms with Crippen LogP contribution >= 0.6 is 0 Å². The number of rotatable bonds is 2. The van der Waals surface area contributed by atoms with Crippen molar-refractivity contribution in [1.29, 1.82) is 0 Å². The molecule has 0 saturated carbocycles. The zero-order valence-electron chi connectivity index (χ0n) is 10.4. The lowest BCUT2D eigenvalue weighted by molar-refractivity contribution is 0.102. The maximum absolute atomic E-state index is 13.6. The van der Waals surface area contributed by atoms with Gasteiger partial charge < -0.3 is 5.32 Å². The Hall–Kier alpha value is -2.82. The molecule has 0 aliphatic rings. The number of nitrogens with zero attached hydrogens (tertiary/aromatic N) is 2. The molecule has 0 atom stereocenters. The summed E-state index contributed by atoms with van der Waals surface area (Å²) in [6, 6.07) is 11.1. The van der Waals surface area contributed by atoms with Crippen LogP contribution in [0, 0.1) is 5.82 Å². The van der Waals surface area contributed by atoms with Gasteiger partial charge in [0.2, 0.25) is 0 Å². The smallest absolute Gasteiger partial charge is 0.274 e. The van der Waals surface area contributed by atoms with Crippen LogP contribution in [0.5, 0.6) is 0 Å². The Labute approximate surface area is 114 Å². The highest BCUT2D eigenvalue weighted by Crippen LogP contribution is 2.23. The molecule has 20 heavy (non-hydrogen) atoms. The van der Waals surface area contributed by atoms with Gasteiger partial charge in [0.1, 0.15) is 11.5 Å². The number of nitrogens with one attached hydrogen (secondary N) is 1. The fourth-order valence-corrected chi connectivity index (χ4v) is 1.93. The molecule has 1 N–H and O–H groups in total. The monoisotopic (exact) mass is 267 g/mol. The van der Waals surface area contributed by atoms with E-state index in [1.54, 1.807) is 36.5 Å². The SMILES string of the molecule is O=C(Nc1cc(F)cc2cccnc12)c1ccccn1. The Morgan fingerprint density at radius 2 is 1.90 bits per heavy atom. The third-order valence-electron chi connectivity index (χ3n) is 2.82. The number of amides is 1. The molecule has 5 heteroatoms. The molecular formula is C15H10FN3O. The normalized spacial score (nSPS) is 10.4. The lowest BCUT2D eigenvalue weighted by Gasteiger charge is -2.08. The first kappa shape index (κ1) is 12.2. The maximum atomic E-state index is 13.6. The van der Waals surface area contributed by atoms with Gasteiger partial charge >= 0.3 is 0 Å². The van der Waals surface area contributed by atoms with E-state index in [-0.39, 0.29) is 5.69 Å². The number of anilines is 1. The van der Waals surface area contributed by atoms with E-state index in [2.05, 4.69) is 15.3 Å². The highest BCUT2D eigenvalue weighted by atomic mass is 19.1. The van der Waals surface area contributed by atoms with E-state index < -0.39 is 11.7 Å². The zero-order valence-corrected chi connectivity index (χ0v) is 10.4. The van der Waals surface area contributed by atoms with Crippen LogP contribution in [-0.4, -0.2) is 15.9 Å². The van der Waals surface area contributed by atoms with Gasteiger partial charge in [0.15, 0.2) is 0 Å². The van der Waals surface area contributed by atoms with Crippen LogP contribution in [0.2, 0.25) is 0 Å². The average Bonchev–Trinajstić information content (AvgIpc) is 2.48. The van der Waals surface area contributed by atoms with Crippen molar-refractivity contribution in [1.82, 2.24) is 9.97 Å². The van der Waals surface area contributed by atoms with E-state index in [0.29, 0.717) is 16.6 Å². The Bertz CT molecular complexity index is 774. The van der Waals surface area contributed by atoms with Gasteiger partial charge in [0, 0.05) is 17.8 Å². The van der Waals surface area contributed by atoms with Gasteiger partial charge in [0.25, 0.3) is 5.91 Å². The number of halogens is 1. The summed E-state index contributed by atoms with van der Waals surface area (Å²) in [4.78, 5) is 20.2. The molecule has 0 aliphatic carbocycles. The predicted octanol–water partition coefficient (Wildman–Crippen LogP) is 3.02. The Kier molecular flexibility index (Phi) is 3.09.